The zero-order valence-corrected chi connectivity index (χ0v) is 18.9. The molecule has 1 saturated carbocycles. The predicted molar refractivity (Wildman–Crippen MR) is 121 cm³/mol. The van der Waals surface area contributed by atoms with Crippen molar-refractivity contribution in [1.82, 2.24) is 24.6 Å². The highest BCUT2D eigenvalue weighted by molar-refractivity contribution is 6.30. The topological polar surface area (TPSA) is 63.9 Å². The Balaban J connectivity index is 1.55. The van der Waals surface area contributed by atoms with E-state index in [9.17, 15) is 4.79 Å². The summed E-state index contributed by atoms with van der Waals surface area (Å²) in [5.41, 5.74) is 6.10. The summed E-state index contributed by atoms with van der Waals surface area (Å²) in [6, 6.07) is 3.93. The van der Waals surface area contributed by atoms with Gasteiger partial charge in [-0.1, -0.05) is 31.4 Å². The maximum Gasteiger partial charge on any atom is 0.255 e. The summed E-state index contributed by atoms with van der Waals surface area (Å²) in [4.78, 5) is 23.4. The normalized spacial score (nSPS) is 17.4. The molecule has 1 amide bonds. The van der Waals surface area contributed by atoms with E-state index in [1.807, 2.05) is 29.9 Å². The number of nitrogens with zero attached hydrogens (tertiary/aromatic N) is 5. The highest BCUT2D eigenvalue weighted by Gasteiger charge is 2.30. The molecule has 160 valence electrons. The minimum atomic E-state index is -0.0123. The summed E-state index contributed by atoms with van der Waals surface area (Å²) in [5.74, 6) is -0.0123. The van der Waals surface area contributed by atoms with Gasteiger partial charge in [0.05, 0.1) is 29.7 Å². The van der Waals surface area contributed by atoms with E-state index in [1.165, 1.54) is 25.7 Å². The van der Waals surface area contributed by atoms with Crippen molar-refractivity contribution in [3.05, 3.63) is 52.7 Å². The third kappa shape index (κ3) is 3.63. The van der Waals surface area contributed by atoms with Crippen LogP contribution in [0.15, 0.2) is 30.7 Å². The summed E-state index contributed by atoms with van der Waals surface area (Å²) in [6.07, 6.45) is 10.9. The largest absolute Gasteiger partial charge is 0.336 e. The molecule has 0 bridgehead atoms. The van der Waals surface area contributed by atoms with E-state index in [2.05, 4.69) is 28.2 Å². The van der Waals surface area contributed by atoms with Gasteiger partial charge in [-0.3, -0.25) is 14.5 Å². The van der Waals surface area contributed by atoms with E-state index >= 15 is 0 Å². The molecule has 4 heterocycles. The maximum atomic E-state index is 12.5. The number of hydrogen-bond donors (Lipinski definition) is 0. The number of aromatic nitrogens is 4. The van der Waals surface area contributed by atoms with Crippen LogP contribution >= 0.6 is 11.6 Å². The van der Waals surface area contributed by atoms with Crippen LogP contribution in [0.25, 0.3) is 22.4 Å². The SMILES string of the molecule is Cc1cc(-c2cnn(CC3(C)CCCC3)c2)c(-c2cnc3c(c2)C(=O)N(C)C3)nc1Cl. The van der Waals surface area contributed by atoms with Crippen LogP contribution in [0.4, 0.5) is 0 Å². The molecule has 0 spiro atoms. The number of carbonyl (C=O) groups is 1. The molecule has 0 saturated heterocycles. The second-order valence-corrected chi connectivity index (χ2v) is 9.67. The number of rotatable bonds is 4. The molecule has 0 unspecified atom stereocenters. The van der Waals surface area contributed by atoms with E-state index in [0.29, 0.717) is 22.7 Å². The lowest BCUT2D eigenvalue weighted by molar-refractivity contribution is 0.0816. The van der Waals surface area contributed by atoms with Gasteiger partial charge in [-0.2, -0.15) is 5.10 Å². The number of aryl methyl sites for hydroxylation is 1. The van der Waals surface area contributed by atoms with Crippen molar-refractivity contribution in [3.63, 3.8) is 0 Å². The van der Waals surface area contributed by atoms with E-state index in [0.717, 1.165) is 40.2 Å². The molecule has 0 N–H and O–H groups in total. The van der Waals surface area contributed by atoms with Crippen LogP contribution in [0.1, 0.15) is 54.2 Å². The van der Waals surface area contributed by atoms with E-state index in [-0.39, 0.29) is 5.91 Å². The highest BCUT2D eigenvalue weighted by atomic mass is 35.5. The van der Waals surface area contributed by atoms with Crippen molar-refractivity contribution in [2.24, 2.45) is 5.41 Å². The molecule has 1 aliphatic carbocycles. The zero-order valence-electron chi connectivity index (χ0n) is 18.2. The smallest absolute Gasteiger partial charge is 0.255 e. The molecule has 1 aliphatic heterocycles. The fourth-order valence-corrected chi connectivity index (χ4v) is 4.97. The number of amides is 1. The van der Waals surface area contributed by atoms with Gasteiger partial charge >= 0.3 is 0 Å². The van der Waals surface area contributed by atoms with Crippen LogP contribution < -0.4 is 0 Å². The van der Waals surface area contributed by atoms with Crippen molar-refractivity contribution in [2.75, 3.05) is 7.05 Å². The van der Waals surface area contributed by atoms with Crippen molar-refractivity contribution >= 4 is 17.5 Å². The molecular formula is C24H26ClN5O. The lowest BCUT2D eigenvalue weighted by Crippen LogP contribution is -2.19. The van der Waals surface area contributed by atoms with Gasteiger partial charge in [0.2, 0.25) is 0 Å². The molecule has 0 atom stereocenters. The third-order valence-electron chi connectivity index (χ3n) is 6.66. The molecule has 0 aromatic carbocycles. The first kappa shape index (κ1) is 20.2. The summed E-state index contributed by atoms with van der Waals surface area (Å²) < 4.78 is 2.05. The quantitative estimate of drug-likeness (QED) is 0.532. The molecule has 0 radical (unpaired) electrons. The lowest BCUT2D eigenvalue weighted by Gasteiger charge is -2.22. The van der Waals surface area contributed by atoms with Gasteiger partial charge in [0.1, 0.15) is 5.15 Å². The summed E-state index contributed by atoms with van der Waals surface area (Å²) in [5, 5.41) is 5.10. The van der Waals surface area contributed by atoms with Gasteiger partial charge in [-0.15, -0.1) is 0 Å². The average molecular weight is 436 g/mol. The summed E-state index contributed by atoms with van der Waals surface area (Å²) in [7, 11) is 1.79. The zero-order chi connectivity index (χ0) is 21.8. The number of pyridine rings is 2. The van der Waals surface area contributed by atoms with Gasteiger partial charge < -0.3 is 4.90 Å². The summed E-state index contributed by atoms with van der Waals surface area (Å²) in [6.45, 7) is 5.76. The van der Waals surface area contributed by atoms with Crippen molar-refractivity contribution < 1.29 is 4.79 Å². The molecule has 6 nitrogen and oxygen atoms in total. The van der Waals surface area contributed by atoms with Crippen LogP contribution in [-0.2, 0) is 13.1 Å². The molecule has 3 aromatic heterocycles. The van der Waals surface area contributed by atoms with Crippen LogP contribution in [-0.4, -0.2) is 37.6 Å². The van der Waals surface area contributed by atoms with Crippen LogP contribution in [0.2, 0.25) is 5.15 Å². The Bertz CT molecular complexity index is 1180. The van der Waals surface area contributed by atoms with Gasteiger partial charge in [0.15, 0.2) is 0 Å². The lowest BCUT2D eigenvalue weighted by atomic mass is 9.89. The first-order valence-electron chi connectivity index (χ1n) is 10.8. The highest BCUT2D eigenvalue weighted by Crippen LogP contribution is 2.40. The van der Waals surface area contributed by atoms with Crippen LogP contribution in [0, 0.1) is 12.3 Å². The number of fused-ring (bicyclic) bond motifs is 1. The number of halogens is 1. The van der Waals surface area contributed by atoms with Crippen LogP contribution in [0.5, 0.6) is 0 Å². The molecule has 7 heteroatoms. The number of hydrogen-bond acceptors (Lipinski definition) is 4. The molecule has 2 aliphatic rings. The monoisotopic (exact) mass is 435 g/mol. The predicted octanol–water partition coefficient (Wildman–Crippen LogP) is 5.13. The summed E-state index contributed by atoms with van der Waals surface area (Å²) >= 11 is 6.40. The minimum absolute atomic E-state index is 0.0123. The third-order valence-corrected chi connectivity index (χ3v) is 7.04. The fourth-order valence-electron chi connectivity index (χ4n) is 4.83. The average Bonchev–Trinajstić information content (AvgIpc) is 3.44. The Hall–Kier alpha value is -2.73. The van der Waals surface area contributed by atoms with Crippen molar-refractivity contribution in [1.29, 1.82) is 0 Å². The molecule has 31 heavy (non-hydrogen) atoms. The Labute approximate surface area is 187 Å². The first-order chi connectivity index (χ1) is 14.8. The van der Waals surface area contributed by atoms with Gasteiger partial charge in [0.25, 0.3) is 5.91 Å². The van der Waals surface area contributed by atoms with Gasteiger partial charge in [0, 0.05) is 42.7 Å². The van der Waals surface area contributed by atoms with E-state index < -0.39 is 0 Å². The van der Waals surface area contributed by atoms with Gasteiger partial charge in [-0.05, 0) is 42.9 Å². The maximum absolute atomic E-state index is 12.5. The van der Waals surface area contributed by atoms with Crippen molar-refractivity contribution in [3.8, 4) is 22.4 Å². The molecule has 3 aromatic rings. The molecule has 1 fully saturated rings. The van der Waals surface area contributed by atoms with Gasteiger partial charge in [-0.25, -0.2) is 4.98 Å². The molecule has 5 rings (SSSR count). The first-order valence-corrected chi connectivity index (χ1v) is 11.2. The Morgan fingerprint density at radius 1 is 1.13 bits per heavy atom. The second-order valence-electron chi connectivity index (χ2n) is 9.32. The van der Waals surface area contributed by atoms with Crippen LogP contribution in [0.3, 0.4) is 0 Å². The van der Waals surface area contributed by atoms with E-state index in [4.69, 9.17) is 11.6 Å². The Morgan fingerprint density at radius 3 is 2.68 bits per heavy atom. The second kappa shape index (κ2) is 7.45. The molecular weight excluding hydrogens is 410 g/mol. The van der Waals surface area contributed by atoms with Crippen molar-refractivity contribution in [2.45, 2.75) is 52.6 Å². The van der Waals surface area contributed by atoms with E-state index in [1.54, 1.807) is 18.1 Å². The number of carbonyl (C=O) groups excluding carboxylic acids is 1. The Morgan fingerprint density at radius 2 is 1.90 bits per heavy atom. The standard InChI is InChI=1S/C24H26ClN5O/c1-15-8-18(17-11-27-30(12-17)14-24(2)6-4-5-7-24)21(28-22(15)25)16-9-19-20(26-10-16)13-29(3)23(19)31/h8-12H,4-7,13-14H2,1-3H3. The fraction of sp³-hybridized carbons (Fsp3) is 0.417. The Kier molecular flexibility index (Phi) is 4.85. The minimum Gasteiger partial charge on any atom is -0.336 e.